The summed E-state index contributed by atoms with van der Waals surface area (Å²) < 4.78 is 0. The Morgan fingerprint density at radius 2 is 2.38 bits per heavy atom. The molecule has 0 aromatic heterocycles. The molecule has 72 valence electrons. The monoisotopic (exact) mass is 182 g/mol. The van der Waals surface area contributed by atoms with Crippen LogP contribution in [0.3, 0.4) is 0 Å². The predicted octanol–water partition coefficient (Wildman–Crippen LogP) is -1.12. The number of hydrogen-bond donors (Lipinski definition) is 3. The van der Waals surface area contributed by atoms with E-state index >= 15 is 0 Å². The first kappa shape index (κ1) is 8.55. The number of fused-ring (bicyclic) bond motifs is 2. The lowest BCUT2D eigenvalue weighted by molar-refractivity contribution is 0.0261. The van der Waals surface area contributed by atoms with Crippen LogP contribution in [0.5, 0.6) is 0 Å². The highest BCUT2D eigenvalue weighted by Gasteiger charge is 2.24. The fraction of sp³-hybridized carbons (Fsp3) is 0.500. The van der Waals surface area contributed by atoms with Gasteiger partial charge in [-0.25, -0.2) is 5.84 Å². The summed E-state index contributed by atoms with van der Waals surface area (Å²) >= 11 is 0. The standard InChI is InChI=1S/C8H14N4O/c9-8(13)12(10)7-5-11-3-1-6(7)2-4-11/h1,3,8,13H,2,4-5,9-10H2. The van der Waals surface area contributed by atoms with Gasteiger partial charge in [0, 0.05) is 6.54 Å². The first-order valence-electron chi connectivity index (χ1n) is 4.30. The number of hydrogen-bond acceptors (Lipinski definition) is 5. The highest BCUT2D eigenvalue weighted by atomic mass is 16.3. The summed E-state index contributed by atoms with van der Waals surface area (Å²) in [7, 11) is 0. The van der Waals surface area contributed by atoms with Gasteiger partial charge in [-0.15, -0.1) is 0 Å². The van der Waals surface area contributed by atoms with E-state index in [0.717, 1.165) is 25.2 Å². The van der Waals surface area contributed by atoms with Gasteiger partial charge in [0.15, 0.2) is 6.35 Å². The second-order valence-corrected chi connectivity index (χ2v) is 3.33. The Morgan fingerprint density at radius 1 is 1.62 bits per heavy atom. The molecule has 3 aliphatic rings. The lowest BCUT2D eigenvalue weighted by Crippen LogP contribution is -2.50. The zero-order valence-corrected chi connectivity index (χ0v) is 7.35. The molecular weight excluding hydrogens is 168 g/mol. The van der Waals surface area contributed by atoms with Gasteiger partial charge in [0.1, 0.15) is 0 Å². The molecule has 0 aliphatic carbocycles. The maximum Gasteiger partial charge on any atom is 0.194 e. The number of aliphatic hydroxyl groups is 1. The Labute approximate surface area is 76.9 Å². The molecule has 0 radical (unpaired) electrons. The Morgan fingerprint density at radius 3 is 2.77 bits per heavy atom. The van der Waals surface area contributed by atoms with Crippen molar-refractivity contribution in [2.24, 2.45) is 11.6 Å². The average molecular weight is 182 g/mol. The number of hydrazine groups is 1. The van der Waals surface area contributed by atoms with Crippen molar-refractivity contribution in [2.45, 2.75) is 12.8 Å². The van der Waals surface area contributed by atoms with Crippen LogP contribution in [0.4, 0.5) is 0 Å². The summed E-state index contributed by atoms with van der Waals surface area (Å²) in [4.78, 5) is 2.14. The number of aliphatic hydroxyl groups excluding tert-OH is 1. The van der Waals surface area contributed by atoms with Crippen LogP contribution in [0.15, 0.2) is 23.5 Å². The molecule has 0 saturated heterocycles. The molecule has 0 amide bonds. The van der Waals surface area contributed by atoms with Crippen LogP contribution in [0.25, 0.3) is 0 Å². The van der Waals surface area contributed by atoms with E-state index in [0.29, 0.717) is 0 Å². The maximum absolute atomic E-state index is 9.10. The van der Waals surface area contributed by atoms with Crippen molar-refractivity contribution >= 4 is 0 Å². The van der Waals surface area contributed by atoms with Gasteiger partial charge >= 0.3 is 0 Å². The molecule has 5 nitrogen and oxygen atoms in total. The molecule has 0 saturated carbocycles. The number of rotatable bonds is 2. The third-order valence-corrected chi connectivity index (χ3v) is 2.48. The van der Waals surface area contributed by atoms with Crippen molar-refractivity contribution in [3.63, 3.8) is 0 Å². The minimum absolute atomic E-state index is 0.747. The van der Waals surface area contributed by atoms with Crippen LogP contribution in [-0.4, -0.2) is 34.5 Å². The lowest BCUT2D eigenvalue weighted by atomic mass is 10.0. The van der Waals surface area contributed by atoms with E-state index in [9.17, 15) is 0 Å². The summed E-state index contributed by atoms with van der Waals surface area (Å²) in [5, 5.41) is 10.3. The fourth-order valence-corrected chi connectivity index (χ4v) is 1.69. The molecule has 5 N–H and O–H groups in total. The average Bonchev–Trinajstić information content (AvgIpc) is 2.18. The van der Waals surface area contributed by atoms with Gasteiger partial charge in [-0.3, -0.25) is 10.7 Å². The molecule has 5 heteroatoms. The van der Waals surface area contributed by atoms with Gasteiger partial charge < -0.3 is 10.0 Å². The van der Waals surface area contributed by atoms with Crippen molar-refractivity contribution in [1.82, 2.24) is 9.91 Å². The van der Waals surface area contributed by atoms with E-state index in [2.05, 4.69) is 4.90 Å². The minimum atomic E-state index is -1.11. The first-order valence-corrected chi connectivity index (χ1v) is 4.30. The largest absolute Gasteiger partial charge is 0.371 e. The molecular formula is C8H14N4O. The van der Waals surface area contributed by atoms with Gasteiger partial charge in [0.25, 0.3) is 0 Å². The quantitative estimate of drug-likeness (QED) is 0.286. The van der Waals surface area contributed by atoms with Crippen LogP contribution in [0.1, 0.15) is 6.42 Å². The summed E-state index contributed by atoms with van der Waals surface area (Å²) in [5.74, 6) is 5.62. The van der Waals surface area contributed by atoms with Gasteiger partial charge in [-0.2, -0.15) is 0 Å². The summed E-state index contributed by atoms with van der Waals surface area (Å²) in [6.07, 6.45) is 3.92. The maximum atomic E-state index is 9.10. The van der Waals surface area contributed by atoms with Crippen LogP contribution >= 0.6 is 0 Å². The normalized spacial score (nSPS) is 22.5. The van der Waals surface area contributed by atoms with Gasteiger partial charge in [0.05, 0.1) is 12.2 Å². The molecule has 3 rings (SSSR count). The van der Waals surface area contributed by atoms with Crippen molar-refractivity contribution < 1.29 is 5.11 Å². The van der Waals surface area contributed by atoms with Crippen LogP contribution in [-0.2, 0) is 0 Å². The fourth-order valence-electron chi connectivity index (χ4n) is 1.69. The van der Waals surface area contributed by atoms with Gasteiger partial charge in [0.2, 0.25) is 0 Å². The highest BCUT2D eigenvalue weighted by molar-refractivity contribution is 5.32. The van der Waals surface area contributed by atoms with E-state index in [1.807, 2.05) is 12.3 Å². The Balaban J connectivity index is 2.24. The zero-order chi connectivity index (χ0) is 9.42. The number of nitrogens with zero attached hydrogens (tertiary/aromatic N) is 2. The van der Waals surface area contributed by atoms with Crippen LogP contribution in [0.2, 0.25) is 0 Å². The topological polar surface area (TPSA) is 78.8 Å². The molecule has 2 bridgehead atoms. The van der Waals surface area contributed by atoms with Gasteiger partial charge in [-0.05, 0) is 24.3 Å². The van der Waals surface area contributed by atoms with E-state index in [1.54, 1.807) is 0 Å². The number of nitrogens with two attached hydrogens (primary N) is 2. The molecule has 3 heterocycles. The van der Waals surface area contributed by atoms with Crippen LogP contribution in [0, 0.1) is 0 Å². The van der Waals surface area contributed by atoms with Gasteiger partial charge in [-0.1, -0.05) is 0 Å². The lowest BCUT2D eigenvalue weighted by Gasteiger charge is -2.37. The summed E-state index contributed by atoms with van der Waals surface area (Å²) in [5.41, 5.74) is 7.37. The molecule has 3 aliphatic heterocycles. The van der Waals surface area contributed by atoms with E-state index in [4.69, 9.17) is 16.7 Å². The van der Waals surface area contributed by atoms with E-state index in [1.165, 1.54) is 10.6 Å². The molecule has 13 heavy (non-hydrogen) atoms. The molecule has 1 unspecified atom stereocenters. The smallest absolute Gasteiger partial charge is 0.194 e. The Kier molecular flexibility index (Phi) is 1.99. The molecule has 0 spiro atoms. The highest BCUT2D eigenvalue weighted by Crippen LogP contribution is 2.25. The SMILES string of the molecule is NC(O)N(N)C1=C2C=CN(CC2)C1. The first-order chi connectivity index (χ1) is 6.18. The predicted molar refractivity (Wildman–Crippen MR) is 48.6 cm³/mol. The zero-order valence-electron chi connectivity index (χ0n) is 7.35. The molecule has 0 aromatic carbocycles. The number of allylic oxidation sites excluding steroid dienone is 1. The Bertz CT molecular complexity index is 271. The van der Waals surface area contributed by atoms with E-state index < -0.39 is 6.35 Å². The van der Waals surface area contributed by atoms with E-state index in [-0.39, 0.29) is 0 Å². The second-order valence-electron chi connectivity index (χ2n) is 3.33. The van der Waals surface area contributed by atoms with Crippen molar-refractivity contribution in [3.8, 4) is 0 Å². The summed E-state index contributed by atoms with van der Waals surface area (Å²) in [6.45, 7) is 1.78. The third-order valence-electron chi connectivity index (χ3n) is 2.48. The van der Waals surface area contributed by atoms with Crippen LogP contribution < -0.4 is 11.6 Å². The molecule has 0 aromatic rings. The molecule has 0 fully saturated rings. The minimum Gasteiger partial charge on any atom is -0.371 e. The second kappa shape index (κ2) is 3.02. The molecule has 1 atom stereocenters. The van der Waals surface area contributed by atoms with Crippen molar-refractivity contribution in [3.05, 3.63) is 23.5 Å². The van der Waals surface area contributed by atoms with Crippen molar-refractivity contribution in [1.29, 1.82) is 0 Å². The Hall–Kier alpha value is -1.04. The van der Waals surface area contributed by atoms with Crippen molar-refractivity contribution in [2.75, 3.05) is 13.1 Å². The summed E-state index contributed by atoms with van der Waals surface area (Å²) in [6, 6.07) is 0. The third kappa shape index (κ3) is 1.41.